The third-order valence-electron chi connectivity index (χ3n) is 3.24. The van der Waals surface area contributed by atoms with Crippen molar-refractivity contribution in [1.82, 2.24) is 9.79 Å². The van der Waals surface area contributed by atoms with Crippen molar-refractivity contribution in [3.05, 3.63) is 29.8 Å². The molecular weight excluding hydrogens is 268 g/mol. The molecule has 1 aliphatic heterocycles. The van der Waals surface area contributed by atoms with Crippen molar-refractivity contribution in [2.24, 2.45) is 0 Å². The first-order chi connectivity index (χ1) is 8.96. The van der Waals surface area contributed by atoms with Crippen molar-refractivity contribution >= 4 is 15.9 Å². The molecule has 0 aromatic heterocycles. The first-order valence-corrected chi connectivity index (χ1v) is 7.43. The number of sulfonamides is 1. The van der Waals surface area contributed by atoms with Crippen molar-refractivity contribution in [2.75, 3.05) is 6.54 Å². The molecule has 0 aliphatic carbocycles. The van der Waals surface area contributed by atoms with Crippen LogP contribution in [0.15, 0.2) is 29.2 Å². The maximum absolute atomic E-state index is 12.4. The minimum Gasteiger partial charge on any atom is -0.289 e. The molecule has 1 aromatic carbocycles. The average Bonchev–Trinajstić information content (AvgIpc) is 2.88. The van der Waals surface area contributed by atoms with Crippen LogP contribution < -0.4 is 5.48 Å². The molecule has 1 saturated heterocycles. The molecule has 2 N–H and O–H groups in total. The van der Waals surface area contributed by atoms with Gasteiger partial charge in [0, 0.05) is 6.54 Å². The standard InChI is InChI=1S/C12H16N2O4S/c1-9-4-6-10(7-5-9)19(17,18)14-8-2-3-11(14)12(15)13-16/h4-7,11,16H,2-3,8H2,1H3,(H,13,15)/t11-/m1/s1. The van der Waals surface area contributed by atoms with E-state index in [0.29, 0.717) is 12.8 Å². The minimum atomic E-state index is -3.70. The van der Waals surface area contributed by atoms with Gasteiger partial charge in [-0.25, -0.2) is 13.9 Å². The van der Waals surface area contributed by atoms with Crippen LogP contribution in [0.25, 0.3) is 0 Å². The summed E-state index contributed by atoms with van der Waals surface area (Å²) in [4.78, 5) is 11.7. The zero-order chi connectivity index (χ0) is 14.0. The Bertz CT molecular complexity index is 568. The lowest BCUT2D eigenvalue weighted by Crippen LogP contribution is -2.44. The number of rotatable bonds is 3. The lowest BCUT2D eigenvalue weighted by atomic mass is 10.2. The molecule has 1 aromatic rings. The van der Waals surface area contributed by atoms with Crippen LogP contribution >= 0.6 is 0 Å². The highest BCUT2D eigenvalue weighted by Gasteiger charge is 2.39. The highest BCUT2D eigenvalue weighted by molar-refractivity contribution is 7.89. The van der Waals surface area contributed by atoms with E-state index in [0.717, 1.165) is 9.87 Å². The van der Waals surface area contributed by atoms with E-state index in [1.807, 2.05) is 6.92 Å². The molecule has 0 spiro atoms. The van der Waals surface area contributed by atoms with Gasteiger partial charge in [-0.1, -0.05) is 17.7 Å². The number of nitrogens with zero attached hydrogens (tertiary/aromatic N) is 1. The summed E-state index contributed by atoms with van der Waals surface area (Å²) >= 11 is 0. The van der Waals surface area contributed by atoms with Gasteiger partial charge in [-0.05, 0) is 31.9 Å². The van der Waals surface area contributed by atoms with Crippen molar-refractivity contribution in [1.29, 1.82) is 0 Å². The lowest BCUT2D eigenvalue weighted by Gasteiger charge is -2.22. The third kappa shape index (κ3) is 2.63. The average molecular weight is 284 g/mol. The van der Waals surface area contributed by atoms with Crippen LogP contribution in [0.2, 0.25) is 0 Å². The van der Waals surface area contributed by atoms with Crippen LogP contribution in [0.4, 0.5) is 0 Å². The zero-order valence-corrected chi connectivity index (χ0v) is 11.4. The van der Waals surface area contributed by atoms with E-state index in [1.165, 1.54) is 17.6 Å². The molecule has 0 saturated carbocycles. The number of nitrogens with one attached hydrogen (secondary N) is 1. The summed E-state index contributed by atoms with van der Waals surface area (Å²) in [5.41, 5.74) is 2.49. The van der Waals surface area contributed by atoms with E-state index < -0.39 is 22.0 Å². The predicted octanol–water partition coefficient (Wildman–Crippen LogP) is 0.654. The molecule has 19 heavy (non-hydrogen) atoms. The monoisotopic (exact) mass is 284 g/mol. The van der Waals surface area contributed by atoms with E-state index in [-0.39, 0.29) is 11.4 Å². The maximum atomic E-state index is 12.4. The maximum Gasteiger partial charge on any atom is 0.261 e. The van der Waals surface area contributed by atoms with Gasteiger partial charge < -0.3 is 0 Å². The normalized spacial score (nSPS) is 20.4. The van der Waals surface area contributed by atoms with Gasteiger partial charge in [0.1, 0.15) is 6.04 Å². The molecule has 1 atom stereocenters. The van der Waals surface area contributed by atoms with Crippen LogP contribution in [0.1, 0.15) is 18.4 Å². The second-order valence-electron chi connectivity index (χ2n) is 4.56. The largest absolute Gasteiger partial charge is 0.289 e. The summed E-state index contributed by atoms with van der Waals surface area (Å²) in [5.74, 6) is -0.687. The van der Waals surface area contributed by atoms with E-state index in [2.05, 4.69) is 0 Å². The topological polar surface area (TPSA) is 86.7 Å². The molecule has 0 bridgehead atoms. The Balaban J connectivity index is 2.33. The molecule has 6 nitrogen and oxygen atoms in total. The van der Waals surface area contributed by atoms with Crippen LogP contribution in [0.5, 0.6) is 0 Å². The Hall–Kier alpha value is -1.44. The third-order valence-corrected chi connectivity index (χ3v) is 5.17. The van der Waals surface area contributed by atoms with Gasteiger partial charge in [-0.15, -0.1) is 0 Å². The minimum absolute atomic E-state index is 0.163. The van der Waals surface area contributed by atoms with Gasteiger partial charge in [-0.2, -0.15) is 4.31 Å². The summed E-state index contributed by atoms with van der Waals surface area (Å²) in [6, 6.07) is 5.64. The number of aryl methyl sites for hydroxylation is 1. The zero-order valence-electron chi connectivity index (χ0n) is 10.5. The number of hydroxylamine groups is 1. The Labute approximate surface area is 112 Å². The van der Waals surface area contributed by atoms with E-state index in [4.69, 9.17) is 5.21 Å². The van der Waals surface area contributed by atoms with Crippen LogP contribution in [0.3, 0.4) is 0 Å². The number of carbonyl (C=O) groups excluding carboxylic acids is 1. The van der Waals surface area contributed by atoms with Gasteiger partial charge in [0.2, 0.25) is 10.0 Å². The molecule has 2 rings (SSSR count). The molecular formula is C12H16N2O4S. The number of hydrogen-bond donors (Lipinski definition) is 2. The van der Waals surface area contributed by atoms with Gasteiger partial charge in [0.25, 0.3) is 5.91 Å². The fourth-order valence-corrected chi connectivity index (χ4v) is 3.87. The molecule has 7 heteroatoms. The van der Waals surface area contributed by atoms with Crippen LogP contribution in [-0.4, -0.2) is 36.4 Å². The van der Waals surface area contributed by atoms with Gasteiger partial charge >= 0.3 is 0 Å². The predicted molar refractivity (Wildman–Crippen MR) is 68.0 cm³/mol. The molecule has 104 valence electrons. The van der Waals surface area contributed by atoms with E-state index in [1.54, 1.807) is 12.1 Å². The first kappa shape index (κ1) is 14.0. The Morgan fingerprint density at radius 1 is 1.37 bits per heavy atom. The van der Waals surface area contributed by atoms with Crippen molar-refractivity contribution < 1.29 is 18.4 Å². The van der Waals surface area contributed by atoms with Crippen molar-refractivity contribution in [2.45, 2.75) is 30.7 Å². The van der Waals surface area contributed by atoms with E-state index in [9.17, 15) is 13.2 Å². The SMILES string of the molecule is Cc1ccc(S(=O)(=O)N2CCC[C@@H]2C(=O)NO)cc1. The number of amides is 1. The summed E-state index contributed by atoms with van der Waals surface area (Å²) < 4.78 is 26.0. The lowest BCUT2D eigenvalue weighted by molar-refractivity contribution is -0.132. The number of hydrogen-bond acceptors (Lipinski definition) is 4. The number of benzene rings is 1. The Morgan fingerprint density at radius 3 is 2.58 bits per heavy atom. The fourth-order valence-electron chi connectivity index (χ4n) is 2.21. The summed E-state index contributed by atoms with van der Waals surface area (Å²) in [5, 5.41) is 8.66. The molecule has 1 fully saturated rings. The molecule has 1 heterocycles. The van der Waals surface area contributed by atoms with Gasteiger partial charge in [0.15, 0.2) is 0 Å². The quantitative estimate of drug-likeness (QED) is 0.630. The van der Waals surface area contributed by atoms with E-state index >= 15 is 0 Å². The highest BCUT2D eigenvalue weighted by Crippen LogP contribution is 2.26. The first-order valence-electron chi connectivity index (χ1n) is 5.99. The molecule has 1 aliphatic rings. The fraction of sp³-hybridized carbons (Fsp3) is 0.417. The Morgan fingerprint density at radius 2 is 2.00 bits per heavy atom. The second kappa shape index (κ2) is 5.28. The molecule has 0 unspecified atom stereocenters. The molecule has 1 amide bonds. The van der Waals surface area contributed by atoms with Gasteiger partial charge in [-0.3, -0.25) is 10.0 Å². The number of carbonyl (C=O) groups is 1. The van der Waals surface area contributed by atoms with Gasteiger partial charge in [0.05, 0.1) is 4.90 Å². The highest BCUT2D eigenvalue weighted by atomic mass is 32.2. The molecule has 0 radical (unpaired) electrons. The summed E-state index contributed by atoms with van der Waals surface area (Å²) in [7, 11) is -3.70. The summed E-state index contributed by atoms with van der Waals surface area (Å²) in [6.07, 6.45) is 1.01. The summed E-state index contributed by atoms with van der Waals surface area (Å²) in [6.45, 7) is 2.16. The van der Waals surface area contributed by atoms with Crippen LogP contribution in [-0.2, 0) is 14.8 Å². The van der Waals surface area contributed by atoms with Crippen molar-refractivity contribution in [3.8, 4) is 0 Å². The van der Waals surface area contributed by atoms with Crippen molar-refractivity contribution in [3.63, 3.8) is 0 Å². The Kier molecular flexibility index (Phi) is 3.88. The second-order valence-corrected chi connectivity index (χ2v) is 6.45. The smallest absolute Gasteiger partial charge is 0.261 e. The van der Waals surface area contributed by atoms with Crippen LogP contribution in [0, 0.1) is 6.92 Å².